The lowest BCUT2D eigenvalue weighted by molar-refractivity contribution is -0.0398. The molecular formula is C30H44N2. The molecule has 1 unspecified atom stereocenters. The number of nitrogens with zero attached hydrogens (tertiary/aromatic N) is 2. The largest absolute Gasteiger partial charge is 0.371 e. The highest BCUT2D eigenvalue weighted by atomic mass is 15.2. The minimum Gasteiger partial charge on any atom is -0.371 e. The molecule has 1 aliphatic heterocycles. The number of rotatable bonds is 2. The Morgan fingerprint density at radius 2 is 1.72 bits per heavy atom. The molecule has 2 heteroatoms. The van der Waals surface area contributed by atoms with Gasteiger partial charge in [0.1, 0.15) is 0 Å². The van der Waals surface area contributed by atoms with Gasteiger partial charge in [-0.15, -0.1) is 0 Å². The highest BCUT2D eigenvalue weighted by Crippen LogP contribution is 2.68. The lowest BCUT2D eigenvalue weighted by atomic mass is 9.47. The fourth-order valence-corrected chi connectivity index (χ4v) is 9.76. The topological polar surface area (TPSA) is 6.48 Å². The summed E-state index contributed by atoms with van der Waals surface area (Å²) in [6.45, 7) is 8.75. The highest BCUT2D eigenvalue weighted by Gasteiger charge is 2.63. The summed E-state index contributed by atoms with van der Waals surface area (Å²) in [5.41, 5.74) is 5.67. The predicted octanol–water partition coefficient (Wildman–Crippen LogP) is 6.69. The maximum absolute atomic E-state index is 2.75. The first kappa shape index (κ1) is 21.3. The van der Waals surface area contributed by atoms with Crippen LogP contribution < -0.4 is 4.90 Å². The number of anilines is 1. The van der Waals surface area contributed by atoms with E-state index in [1.165, 1.54) is 69.2 Å². The summed E-state index contributed by atoms with van der Waals surface area (Å²) in [5.74, 6) is 3.84. The second kappa shape index (κ2) is 7.36. The third kappa shape index (κ3) is 2.87. The monoisotopic (exact) mass is 432 g/mol. The summed E-state index contributed by atoms with van der Waals surface area (Å²) in [6.07, 6.45) is 14.2. The third-order valence-electron chi connectivity index (χ3n) is 11.7. The molecule has 2 nitrogen and oxygen atoms in total. The van der Waals surface area contributed by atoms with Crippen LogP contribution in [0.4, 0.5) is 5.69 Å². The van der Waals surface area contributed by atoms with Crippen molar-refractivity contribution in [1.29, 1.82) is 0 Å². The molecule has 1 saturated heterocycles. The van der Waals surface area contributed by atoms with Crippen molar-refractivity contribution in [3.63, 3.8) is 0 Å². The van der Waals surface area contributed by atoms with Crippen molar-refractivity contribution in [1.82, 2.24) is 4.90 Å². The molecular weight excluding hydrogens is 388 g/mol. The Hall–Kier alpha value is -1.28. The summed E-state index contributed by atoms with van der Waals surface area (Å²) in [6, 6.07) is 10.6. The van der Waals surface area contributed by atoms with Crippen LogP contribution in [0, 0.1) is 41.4 Å². The Bertz CT molecular complexity index is 902. The van der Waals surface area contributed by atoms with Crippen LogP contribution in [0.2, 0.25) is 0 Å². The fraction of sp³-hybridized carbons (Fsp3) is 0.733. The van der Waals surface area contributed by atoms with Gasteiger partial charge in [0.2, 0.25) is 0 Å². The van der Waals surface area contributed by atoms with E-state index in [0.717, 1.165) is 29.7 Å². The predicted molar refractivity (Wildman–Crippen MR) is 135 cm³/mol. The summed E-state index contributed by atoms with van der Waals surface area (Å²) >= 11 is 0. The average Bonchev–Trinajstić information content (AvgIpc) is 3.27. The van der Waals surface area contributed by atoms with Gasteiger partial charge in [-0.3, -0.25) is 0 Å². The summed E-state index contributed by atoms with van der Waals surface area (Å²) in [7, 11) is 4.72. The Balaban J connectivity index is 1.24. The zero-order valence-corrected chi connectivity index (χ0v) is 21.1. The van der Waals surface area contributed by atoms with Crippen LogP contribution in [0.25, 0.3) is 0 Å². The van der Waals surface area contributed by atoms with Gasteiger partial charge in [-0.2, -0.15) is 0 Å². The van der Waals surface area contributed by atoms with E-state index >= 15 is 0 Å². The summed E-state index contributed by atoms with van der Waals surface area (Å²) in [5, 5.41) is 0. The van der Waals surface area contributed by atoms with Crippen LogP contribution in [-0.4, -0.2) is 37.6 Å². The van der Waals surface area contributed by atoms with Crippen molar-refractivity contribution < 1.29 is 0 Å². The van der Waals surface area contributed by atoms with Crippen LogP contribution >= 0.6 is 0 Å². The van der Waals surface area contributed by atoms with Gasteiger partial charge in [-0.25, -0.2) is 0 Å². The van der Waals surface area contributed by atoms with Gasteiger partial charge in [0.15, 0.2) is 0 Å². The molecule has 0 N–H and O–H groups in total. The molecule has 1 spiro atoms. The second-order valence-electron chi connectivity index (χ2n) is 12.7. The van der Waals surface area contributed by atoms with E-state index in [1.807, 2.05) is 5.57 Å². The quantitative estimate of drug-likeness (QED) is 0.480. The van der Waals surface area contributed by atoms with E-state index in [2.05, 4.69) is 75.0 Å². The first-order valence-electron chi connectivity index (χ1n) is 13.5. The molecule has 1 aromatic rings. The molecule has 0 amide bonds. The maximum Gasteiger partial charge on any atom is 0.0366 e. The second-order valence-corrected chi connectivity index (χ2v) is 12.7. The Labute approximate surface area is 196 Å². The zero-order chi connectivity index (χ0) is 22.3. The molecule has 8 atom stereocenters. The van der Waals surface area contributed by atoms with Gasteiger partial charge < -0.3 is 9.80 Å². The van der Waals surface area contributed by atoms with Gasteiger partial charge in [0.25, 0.3) is 0 Å². The van der Waals surface area contributed by atoms with Crippen molar-refractivity contribution in [3.8, 4) is 0 Å². The lowest BCUT2D eigenvalue weighted by Gasteiger charge is -2.58. The SMILES string of the molecule is Cc1ccc(N(C)[C@H]2CC[C@@]3(C)C(=CC[C@H]4[C@@H]5CC[C@@H]6C(C)N(C)C[C@@]65CC[C@@H]43)C2)cc1. The first-order valence-corrected chi connectivity index (χ1v) is 13.5. The average molecular weight is 433 g/mol. The number of benzene rings is 1. The Kier molecular flexibility index (Phi) is 4.89. The Morgan fingerprint density at radius 1 is 0.969 bits per heavy atom. The van der Waals surface area contributed by atoms with Gasteiger partial charge in [0.05, 0.1) is 0 Å². The van der Waals surface area contributed by atoms with Crippen molar-refractivity contribution in [2.75, 3.05) is 25.5 Å². The van der Waals surface area contributed by atoms with Crippen molar-refractivity contribution >= 4 is 5.69 Å². The standard InChI is InChI=1S/C30H44N2/c1-20-6-9-23(10-7-20)32(5)24-14-16-29(3)22(18-24)8-11-25-27(29)15-17-30-19-31(4)21(2)26(30)12-13-28(25)30/h6-10,21,24-28H,11-19H2,1-5H3/t21?,24-,25+,26+,27-,28-,29-,30-/m0/s1. The van der Waals surface area contributed by atoms with E-state index < -0.39 is 0 Å². The van der Waals surface area contributed by atoms with E-state index in [1.54, 1.807) is 0 Å². The van der Waals surface area contributed by atoms with Crippen LogP contribution in [0.15, 0.2) is 35.9 Å². The van der Waals surface area contributed by atoms with E-state index in [-0.39, 0.29) is 0 Å². The number of allylic oxidation sites excluding steroid dienone is 1. The minimum atomic E-state index is 0.462. The number of aryl methyl sites for hydroxylation is 1. The molecule has 1 aromatic carbocycles. The van der Waals surface area contributed by atoms with Gasteiger partial charge in [0, 0.05) is 31.4 Å². The van der Waals surface area contributed by atoms with Gasteiger partial charge in [-0.05, 0) is 119 Å². The van der Waals surface area contributed by atoms with Crippen LogP contribution in [0.1, 0.15) is 70.8 Å². The van der Waals surface area contributed by atoms with Crippen molar-refractivity contribution in [2.45, 2.75) is 84.2 Å². The zero-order valence-electron chi connectivity index (χ0n) is 21.1. The molecule has 6 rings (SSSR count). The van der Waals surface area contributed by atoms with E-state index in [9.17, 15) is 0 Å². The fourth-order valence-electron chi connectivity index (χ4n) is 9.76. The number of hydrogen-bond acceptors (Lipinski definition) is 2. The summed E-state index contributed by atoms with van der Waals surface area (Å²) < 4.78 is 0. The molecule has 32 heavy (non-hydrogen) atoms. The highest BCUT2D eigenvalue weighted by molar-refractivity contribution is 5.48. The van der Waals surface area contributed by atoms with Crippen molar-refractivity contribution in [3.05, 3.63) is 41.5 Å². The Morgan fingerprint density at radius 3 is 2.50 bits per heavy atom. The van der Waals surface area contributed by atoms with Crippen LogP contribution in [-0.2, 0) is 0 Å². The van der Waals surface area contributed by atoms with Gasteiger partial charge >= 0.3 is 0 Å². The molecule has 0 bridgehead atoms. The van der Waals surface area contributed by atoms with Gasteiger partial charge in [-0.1, -0.05) is 36.3 Å². The number of fused-ring (bicyclic) bond motifs is 4. The smallest absolute Gasteiger partial charge is 0.0366 e. The molecule has 4 aliphatic carbocycles. The molecule has 0 aromatic heterocycles. The summed E-state index contributed by atoms with van der Waals surface area (Å²) in [4.78, 5) is 5.27. The third-order valence-corrected chi connectivity index (χ3v) is 11.7. The molecule has 3 saturated carbocycles. The normalized spacial score (nSPS) is 45.5. The lowest BCUT2D eigenvalue weighted by Crippen LogP contribution is -2.52. The minimum absolute atomic E-state index is 0.462. The molecule has 1 heterocycles. The van der Waals surface area contributed by atoms with E-state index in [0.29, 0.717) is 16.9 Å². The molecule has 5 aliphatic rings. The number of likely N-dealkylation sites (tertiary alicyclic amines) is 1. The molecule has 0 radical (unpaired) electrons. The van der Waals surface area contributed by atoms with Crippen molar-refractivity contribution in [2.24, 2.45) is 34.5 Å². The first-order chi connectivity index (χ1) is 15.3. The molecule has 174 valence electrons. The van der Waals surface area contributed by atoms with E-state index in [4.69, 9.17) is 0 Å². The van der Waals surface area contributed by atoms with Crippen LogP contribution in [0.5, 0.6) is 0 Å². The van der Waals surface area contributed by atoms with Crippen LogP contribution in [0.3, 0.4) is 0 Å². The molecule has 4 fully saturated rings. The maximum atomic E-state index is 2.75. The number of hydrogen-bond donors (Lipinski definition) is 0.